The molecule has 5 atom stereocenters. The lowest BCUT2D eigenvalue weighted by atomic mass is 9.66. The molecule has 2 aromatic carbocycles. The van der Waals surface area contributed by atoms with Gasteiger partial charge in [-0.15, -0.1) is 6.58 Å². The number of aliphatic hydroxyl groups excluding tert-OH is 1. The van der Waals surface area contributed by atoms with Crippen LogP contribution in [-0.2, 0) is 4.79 Å². The SMILES string of the molecule is C=CC[C@@]1(C)C[C@H](c2cccc(Cl)c2)[C@@H](c2ccc(Cl)cc2)N([C@@H](C2CC2)[C@H](C)O)C1=O. The van der Waals surface area contributed by atoms with Gasteiger partial charge in [-0.2, -0.15) is 0 Å². The molecular weight excluding hydrogens is 441 g/mol. The van der Waals surface area contributed by atoms with Crippen LogP contribution < -0.4 is 0 Å². The fourth-order valence-electron chi connectivity index (χ4n) is 5.51. The molecule has 3 nitrogen and oxygen atoms in total. The monoisotopic (exact) mass is 471 g/mol. The highest BCUT2D eigenvalue weighted by atomic mass is 35.5. The molecule has 1 aliphatic heterocycles. The molecule has 5 heteroatoms. The van der Waals surface area contributed by atoms with Crippen LogP contribution in [0.4, 0.5) is 0 Å². The first-order chi connectivity index (χ1) is 15.2. The number of carbonyl (C=O) groups is 1. The lowest BCUT2D eigenvalue weighted by Gasteiger charge is -2.53. The van der Waals surface area contributed by atoms with Gasteiger partial charge in [0.15, 0.2) is 0 Å². The third-order valence-electron chi connectivity index (χ3n) is 7.11. The van der Waals surface area contributed by atoms with Crippen molar-refractivity contribution in [2.24, 2.45) is 11.3 Å². The van der Waals surface area contributed by atoms with Gasteiger partial charge in [-0.1, -0.05) is 60.5 Å². The molecule has 2 fully saturated rings. The van der Waals surface area contributed by atoms with E-state index in [1.807, 2.05) is 67.3 Å². The van der Waals surface area contributed by atoms with E-state index >= 15 is 0 Å². The molecular formula is C27H31Cl2NO2. The first-order valence-electron chi connectivity index (χ1n) is 11.4. The summed E-state index contributed by atoms with van der Waals surface area (Å²) < 4.78 is 0. The van der Waals surface area contributed by atoms with E-state index in [1.165, 1.54) is 0 Å². The molecule has 170 valence electrons. The standard InChI is InChI=1S/C27H31Cl2NO2/c1-4-14-27(3)16-23(20-6-5-7-22(29)15-20)25(19-10-12-21(28)13-11-19)30(26(27)32)24(17(2)31)18-8-9-18/h4-7,10-13,15,17-18,23-25,31H,1,8-9,14,16H2,2-3H3/t17-,23+,24+,25+,27-/m0/s1. The van der Waals surface area contributed by atoms with Gasteiger partial charge in [-0.3, -0.25) is 4.79 Å². The Morgan fingerprint density at radius 3 is 2.41 bits per heavy atom. The van der Waals surface area contributed by atoms with Gasteiger partial charge < -0.3 is 10.0 Å². The van der Waals surface area contributed by atoms with E-state index in [2.05, 4.69) is 12.6 Å². The van der Waals surface area contributed by atoms with Crippen molar-refractivity contribution in [3.05, 3.63) is 82.4 Å². The summed E-state index contributed by atoms with van der Waals surface area (Å²) in [5.41, 5.74) is 1.53. The van der Waals surface area contributed by atoms with E-state index in [1.54, 1.807) is 0 Å². The number of carbonyl (C=O) groups excluding carboxylic acids is 1. The zero-order valence-electron chi connectivity index (χ0n) is 18.7. The smallest absolute Gasteiger partial charge is 0.229 e. The predicted octanol–water partition coefficient (Wildman–Crippen LogP) is 6.79. The molecule has 1 N–H and O–H groups in total. The number of amides is 1. The van der Waals surface area contributed by atoms with Crippen molar-refractivity contribution in [2.45, 2.75) is 63.6 Å². The van der Waals surface area contributed by atoms with E-state index in [0.29, 0.717) is 28.8 Å². The topological polar surface area (TPSA) is 40.5 Å². The Morgan fingerprint density at radius 1 is 1.16 bits per heavy atom. The van der Waals surface area contributed by atoms with Crippen LogP contribution in [0.2, 0.25) is 10.0 Å². The number of piperidine rings is 1. The van der Waals surface area contributed by atoms with Crippen LogP contribution in [0.3, 0.4) is 0 Å². The van der Waals surface area contributed by atoms with Crippen molar-refractivity contribution < 1.29 is 9.90 Å². The molecule has 1 aliphatic carbocycles. The van der Waals surface area contributed by atoms with Crippen LogP contribution in [-0.4, -0.2) is 28.1 Å². The molecule has 2 aliphatic rings. The average Bonchev–Trinajstić information content (AvgIpc) is 3.57. The van der Waals surface area contributed by atoms with Gasteiger partial charge in [0.25, 0.3) is 0 Å². The molecule has 0 unspecified atom stereocenters. The van der Waals surface area contributed by atoms with Crippen molar-refractivity contribution in [1.29, 1.82) is 0 Å². The largest absolute Gasteiger partial charge is 0.391 e. The predicted molar refractivity (Wildman–Crippen MR) is 131 cm³/mol. The Bertz CT molecular complexity index is 983. The summed E-state index contributed by atoms with van der Waals surface area (Å²) in [6.45, 7) is 7.77. The number of halogens is 2. The van der Waals surface area contributed by atoms with Gasteiger partial charge in [0.2, 0.25) is 5.91 Å². The maximum absolute atomic E-state index is 14.1. The molecule has 2 aromatic rings. The zero-order chi connectivity index (χ0) is 23.0. The fraction of sp³-hybridized carbons (Fsp3) is 0.444. The van der Waals surface area contributed by atoms with Crippen molar-refractivity contribution >= 4 is 29.1 Å². The third-order valence-corrected chi connectivity index (χ3v) is 7.59. The average molecular weight is 472 g/mol. The molecule has 1 heterocycles. The Hall–Kier alpha value is -1.81. The number of hydrogen-bond acceptors (Lipinski definition) is 2. The minimum atomic E-state index is -0.618. The number of allylic oxidation sites excluding steroid dienone is 1. The molecule has 1 saturated heterocycles. The van der Waals surface area contributed by atoms with E-state index in [-0.39, 0.29) is 23.9 Å². The van der Waals surface area contributed by atoms with Crippen LogP contribution >= 0.6 is 23.2 Å². The Balaban J connectivity index is 1.91. The summed E-state index contributed by atoms with van der Waals surface area (Å²) in [5.74, 6) is 0.436. The quantitative estimate of drug-likeness (QED) is 0.451. The number of hydrogen-bond donors (Lipinski definition) is 1. The van der Waals surface area contributed by atoms with Crippen LogP contribution in [0.1, 0.15) is 62.6 Å². The molecule has 4 rings (SSSR count). The minimum Gasteiger partial charge on any atom is -0.391 e. The molecule has 0 radical (unpaired) electrons. The molecule has 1 saturated carbocycles. The first-order valence-corrected chi connectivity index (χ1v) is 12.1. The summed E-state index contributed by atoms with van der Waals surface area (Å²) in [7, 11) is 0. The van der Waals surface area contributed by atoms with Crippen LogP contribution in [0.25, 0.3) is 0 Å². The van der Waals surface area contributed by atoms with Crippen molar-refractivity contribution in [2.75, 3.05) is 0 Å². The highest BCUT2D eigenvalue weighted by molar-refractivity contribution is 6.30. The van der Waals surface area contributed by atoms with Crippen molar-refractivity contribution in [3.8, 4) is 0 Å². The van der Waals surface area contributed by atoms with E-state index < -0.39 is 11.5 Å². The Labute approximate surface area is 201 Å². The maximum Gasteiger partial charge on any atom is 0.229 e. The second-order valence-electron chi connectivity index (χ2n) is 9.70. The van der Waals surface area contributed by atoms with Gasteiger partial charge in [0, 0.05) is 16.0 Å². The summed E-state index contributed by atoms with van der Waals surface area (Å²) in [5, 5.41) is 12.2. The zero-order valence-corrected chi connectivity index (χ0v) is 20.2. The van der Waals surface area contributed by atoms with Gasteiger partial charge in [0.05, 0.1) is 23.6 Å². The third kappa shape index (κ3) is 4.48. The summed E-state index contributed by atoms with van der Waals surface area (Å²) in [6.07, 6.45) is 4.55. The molecule has 0 bridgehead atoms. The lowest BCUT2D eigenvalue weighted by molar-refractivity contribution is -0.159. The molecule has 0 aromatic heterocycles. The van der Waals surface area contributed by atoms with Gasteiger partial charge >= 0.3 is 0 Å². The van der Waals surface area contributed by atoms with E-state index in [4.69, 9.17) is 23.2 Å². The Kier molecular flexibility index (Phi) is 6.72. The van der Waals surface area contributed by atoms with Crippen LogP contribution in [0, 0.1) is 11.3 Å². The van der Waals surface area contributed by atoms with Crippen molar-refractivity contribution in [3.63, 3.8) is 0 Å². The summed E-state index contributed by atoms with van der Waals surface area (Å²) in [6, 6.07) is 15.3. The molecule has 0 spiro atoms. The second kappa shape index (κ2) is 9.21. The van der Waals surface area contributed by atoms with E-state index in [0.717, 1.165) is 24.0 Å². The Morgan fingerprint density at radius 2 is 1.84 bits per heavy atom. The molecule has 1 amide bonds. The number of aliphatic hydroxyl groups is 1. The number of benzene rings is 2. The first kappa shape index (κ1) is 23.4. The number of nitrogens with zero attached hydrogens (tertiary/aromatic N) is 1. The fourth-order valence-corrected chi connectivity index (χ4v) is 5.83. The minimum absolute atomic E-state index is 0.0255. The van der Waals surface area contributed by atoms with Gasteiger partial charge in [-0.25, -0.2) is 0 Å². The van der Waals surface area contributed by atoms with Crippen LogP contribution in [0.5, 0.6) is 0 Å². The number of likely N-dealkylation sites (tertiary alicyclic amines) is 1. The molecule has 32 heavy (non-hydrogen) atoms. The summed E-state index contributed by atoms with van der Waals surface area (Å²) in [4.78, 5) is 16.1. The normalized spacial score (nSPS) is 27.8. The number of rotatable bonds is 7. The second-order valence-corrected chi connectivity index (χ2v) is 10.6. The van der Waals surface area contributed by atoms with Gasteiger partial charge in [0.1, 0.15) is 0 Å². The van der Waals surface area contributed by atoms with Crippen LogP contribution in [0.15, 0.2) is 61.2 Å². The highest BCUT2D eigenvalue weighted by Crippen LogP contribution is 2.54. The van der Waals surface area contributed by atoms with E-state index in [9.17, 15) is 9.90 Å². The summed E-state index contributed by atoms with van der Waals surface area (Å²) >= 11 is 12.6. The van der Waals surface area contributed by atoms with Gasteiger partial charge in [-0.05, 0) is 73.9 Å². The maximum atomic E-state index is 14.1. The lowest BCUT2D eigenvalue weighted by Crippen LogP contribution is -2.58. The van der Waals surface area contributed by atoms with Crippen molar-refractivity contribution in [1.82, 2.24) is 4.90 Å². The highest BCUT2D eigenvalue weighted by Gasteiger charge is 2.54.